The predicted octanol–water partition coefficient (Wildman–Crippen LogP) is 2.40. The number of alkyl halides is 3. The zero-order valence-corrected chi connectivity index (χ0v) is 11.5. The van der Waals surface area contributed by atoms with E-state index in [0.717, 1.165) is 19.4 Å². The van der Waals surface area contributed by atoms with E-state index in [9.17, 15) is 13.2 Å². The highest BCUT2D eigenvalue weighted by Gasteiger charge is 2.31. The fraction of sp³-hybridized carbons (Fsp3) is 1.00. The Morgan fingerprint density at radius 2 is 1.67 bits per heavy atom. The van der Waals surface area contributed by atoms with Crippen molar-refractivity contribution >= 4 is 0 Å². The summed E-state index contributed by atoms with van der Waals surface area (Å²) in [7, 11) is 0. The van der Waals surface area contributed by atoms with Crippen LogP contribution < -0.4 is 5.73 Å². The summed E-state index contributed by atoms with van der Waals surface area (Å²) in [6.45, 7) is 6.73. The number of ether oxygens (including phenoxy) is 1. The summed E-state index contributed by atoms with van der Waals surface area (Å²) in [5.41, 5.74) is 5.69. The van der Waals surface area contributed by atoms with Crippen LogP contribution in [0.4, 0.5) is 13.2 Å². The SMILES string of the molecule is CCN(CCOCC(F)(F)F)C(CC)(CC)CN. The lowest BCUT2D eigenvalue weighted by molar-refractivity contribution is -0.175. The molecular formula is C12H25F3N2O. The zero-order chi connectivity index (χ0) is 14.2. The molecule has 6 heteroatoms. The van der Waals surface area contributed by atoms with Crippen LogP contribution in [0.25, 0.3) is 0 Å². The molecule has 0 aliphatic rings. The van der Waals surface area contributed by atoms with E-state index in [2.05, 4.69) is 23.5 Å². The molecule has 0 amide bonds. The molecule has 2 N–H and O–H groups in total. The smallest absolute Gasteiger partial charge is 0.371 e. The number of nitrogens with zero attached hydrogens (tertiary/aromatic N) is 1. The maximum Gasteiger partial charge on any atom is 0.411 e. The Morgan fingerprint density at radius 3 is 2.00 bits per heavy atom. The molecular weight excluding hydrogens is 245 g/mol. The number of likely N-dealkylation sites (N-methyl/N-ethyl adjacent to an activating group) is 1. The van der Waals surface area contributed by atoms with Crippen LogP contribution in [-0.2, 0) is 4.74 Å². The van der Waals surface area contributed by atoms with Crippen molar-refractivity contribution < 1.29 is 17.9 Å². The van der Waals surface area contributed by atoms with E-state index in [1.54, 1.807) is 0 Å². The molecule has 18 heavy (non-hydrogen) atoms. The molecule has 0 rings (SSSR count). The van der Waals surface area contributed by atoms with Crippen LogP contribution in [0.5, 0.6) is 0 Å². The van der Waals surface area contributed by atoms with Crippen molar-refractivity contribution in [2.45, 2.75) is 45.3 Å². The van der Waals surface area contributed by atoms with Gasteiger partial charge in [0.1, 0.15) is 6.61 Å². The number of hydrogen-bond donors (Lipinski definition) is 1. The Hall–Kier alpha value is -0.330. The fourth-order valence-electron chi connectivity index (χ4n) is 2.21. The van der Waals surface area contributed by atoms with Gasteiger partial charge in [-0.3, -0.25) is 4.90 Å². The van der Waals surface area contributed by atoms with Gasteiger partial charge in [-0.15, -0.1) is 0 Å². The Labute approximate surface area is 107 Å². The van der Waals surface area contributed by atoms with Crippen LogP contribution in [0.2, 0.25) is 0 Å². The molecule has 0 aromatic rings. The molecule has 0 aromatic heterocycles. The molecule has 0 atom stereocenters. The summed E-state index contributed by atoms with van der Waals surface area (Å²) in [4.78, 5) is 2.11. The monoisotopic (exact) mass is 270 g/mol. The van der Waals surface area contributed by atoms with Gasteiger partial charge in [0.05, 0.1) is 6.61 Å². The number of halogens is 3. The number of nitrogens with two attached hydrogens (primary N) is 1. The highest BCUT2D eigenvalue weighted by atomic mass is 19.4. The van der Waals surface area contributed by atoms with Gasteiger partial charge in [0.25, 0.3) is 0 Å². The molecule has 0 unspecified atom stereocenters. The predicted molar refractivity (Wildman–Crippen MR) is 66.5 cm³/mol. The molecule has 0 saturated carbocycles. The third kappa shape index (κ3) is 5.54. The van der Waals surface area contributed by atoms with Crippen LogP contribution in [0.1, 0.15) is 33.6 Å². The molecule has 0 aliphatic heterocycles. The number of hydrogen-bond acceptors (Lipinski definition) is 3. The standard InChI is InChI=1S/C12H25F3N2O/c1-4-11(5-2,9-16)17(6-3)7-8-18-10-12(13,14)15/h4-10,16H2,1-3H3. The maximum atomic E-state index is 11.9. The van der Waals surface area contributed by atoms with Crippen molar-refractivity contribution in [3.63, 3.8) is 0 Å². The van der Waals surface area contributed by atoms with E-state index in [-0.39, 0.29) is 12.1 Å². The Kier molecular flexibility index (Phi) is 7.82. The molecule has 3 nitrogen and oxygen atoms in total. The first-order valence-electron chi connectivity index (χ1n) is 6.44. The Morgan fingerprint density at radius 1 is 1.11 bits per heavy atom. The molecule has 110 valence electrons. The molecule has 0 heterocycles. The van der Waals surface area contributed by atoms with Gasteiger partial charge in [0.2, 0.25) is 0 Å². The summed E-state index contributed by atoms with van der Waals surface area (Å²) < 4.78 is 40.5. The van der Waals surface area contributed by atoms with Crippen molar-refractivity contribution in [3.05, 3.63) is 0 Å². The van der Waals surface area contributed by atoms with E-state index in [1.165, 1.54) is 0 Å². The maximum absolute atomic E-state index is 11.9. The van der Waals surface area contributed by atoms with Crippen molar-refractivity contribution in [1.29, 1.82) is 0 Å². The van der Waals surface area contributed by atoms with E-state index in [1.807, 2.05) is 6.92 Å². The summed E-state index contributed by atoms with van der Waals surface area (Å²) in [5.74, 6) is 0. The molecule has 0 aromatic carbocycles. The van der Waals surface area contributed by atoms with Crippen molar-refractivity contribution in [2.75, 3.05) is 32.8 Å². The van der Waals surface area contributed by atoms with Gasteiger partial charge < -0.3 is 10.5 Å². The topological polar surface area (TPSA) is 38.5 Å². The first-order valence-corrected chi connectivity index (χ1v) is 6.44. The normalized spacial score (nSPS) is 13.3. The van der Waals surface area contributed by atoms with Gasteiger partial charge in [-0.2, -0.15) is 13.2 Å². The van der Waals surface area contributed by atoms with Crippen LogP contribution >= 0.6 is 0 Å². The lowest BCUT2D eigenvalue weighted by Gasteiger charge is -2.42. The van der Waals surface area contributed by atoms with Crippen LogP contribution in [0, 0.1) is 0 Å². The second kappa shape index (κ2) is 7.96. The highest BCUT2D eigenvalue weighted by molar-refractivity contribution is 4.88. The Bertz CT molecular complexity index is 210. The average Bonchev–Trinajstić information content (AvgIpc) is 2.33. The van der Waals surface area contributed by atoms with E-state index < -0.39 is 12.8 Å². The molecule has 0 aliphatic carbocycles. The van der Waals surface area contributed by atoms with Gasteiger partial charge in [-0.1, -0.05) is 20.8 Å². The fourth-order valence-corrected chi connectivity index (χ4v) is 2.21. The quantitative estimate of drug-likeness (QED) is 0.654. The van der Waals surface area contributed by atoms with Gasteiger partial charge in [-0.25, -0.2) is 0 Å². The largest absolute Gasteiger partial charge is 0.411 e. The third-order valence-corrected chi connectivity index (χ3v) is 3.52. The van der Waals surface area contributed by atoms with Gasteiger partial charge in [0.15, 0.2) is 0 Å². The van der Waals surface area contributed by atoms with E-state index in [4.69, 9.17) is 5.73 Å². The summed E-state index contributed by atoms with van der Waals surface area (Å²) >= 11 is 0. The lowest BCUT2D eigenvalue weighted by Crippen LogP contribution is -2.54. The third-order valence-electron chi connectivity index (χ3n) is 3.52. The minimum atomic E-state index is -4.25. The van der Waals surface area contributed by atoms with Crippen molar-refractivity contribution in [3.8, 4) is 0 Å². The minimum Gasteiger partial charge on any atom is -0.371 e. The summed E-state index contributed by atoms with van der Waals surface area (Å²) in [5, 5.41) is 0. The second-order valence-corrected chi connectivity index (χ2v) is 4.38. The van der Waals surface area contributed by atoms with Crippen molar-refractivity contribution in [2.24, 2.45) is 5.73 Å². The van der Waals surface area contributed by atoms with Gasteiger partial charge in [-0.05, 0) is 19.4 Å². The second-order valence-electron chi connectivity index (χ2n) is 4.38. The summed E-state index contributed by atoms with van der Waals surface area (Å²) in [6.07, 6.45) is -2.49. The van der Waals surface area contributed by atoms with Crippen molar-refractivity contribution in [1.82, 2.24) is 4.90 Å². The highest BCUT2D eigenvalue weighted by Crippen LogP contribution is 2.22. The molecule has 0 radical (unpaired) electrons. The minimum absolute atomic E-state index is 0.0785. The lowest BCUT2D eigenvalue weighted by atomic mass is 9.90. The van der Waals surface area contributed by atoms with E-state index >= 15 is 0 Å². The average molecular weight is 270 g/mol. The van der Waals surface area contributed by atoms with Gasteiger partial charge in [0, 0.05) is 18.6 Å². The van der Waals surface area contributed by atoms with E-state index in [0.29, 0.717) is 13.1 Å². The van der Waals surface area contributed by atoms with Crippen LogP contribution in [0.15, 0.2) is 0 Å². The molecule has 0 saturated heterocycles. The first kappa shape index (κ1) is 17.7. The first-order chi connectivity index (χ1) is 8.35. The zero-order valence-electron chi connectivity index (χ0n) is 11.5. The van der Waals surface area contributed by atoms with Gasteiger partial charge >= 0.3 is 6.18 Å². The molecule has 0 bridgehead atoms. The number of rotatable bonds is 9. The molecule has 0 spiro atoms. The molecule has 0 fully saturated rings. The van der Waals surface area contributed by atoms with Crippen LogP contribution in [-0.4, -0.2) is 49.5 Å². The Balaban J connectivity index is 4.25. The van der Waals surface area contributed by atoms with Crippen LogP contribution in [0.3, 0.4) is 0 Å². The summed E-state index contributed by atoms with van der Waals surface area (Å²) in [6, 6.07) is 0.